The lowest BCUT2D eigenvalue weighted by Gasteiger charge is -2.34. The molecule has 1 aromatic rings. The van der Waals surface area contributed by atoms with Crippen LogP contribution in [0.15, 0.2) is 36.4 Å². The molecule has 2 unspecified atom stereocenters. The summed E-state index contributed by atoms with van der Waals surface area (Å²) < 4.78 is 4.75. The first kappa shape index (κ1) is 13.1. The van der Waals surface area contributed by atoms with Gasteiger partial charge in [0, 0.05) is 0 Å². The summed E-state index contributed by atoms with van der Waals surface area (Å²) in [4.78, 5) is 22.7. The van der Waals surface area contributed by atoms with E-state index in [4.69, 9.17) is 4.74 Å². The van der Waals surface area contributed by atoms with Gasteiger partial charge < -0.3 is 15.4 Å². The standard InChI is InChI=1S/C14H16N2O3/c1-2-19-14(18)16-12-11(15-13(12)17)9-8-10-6-4-3-5-7-10/h3-9,11-12H,2H2,1H3,(H,15,17)(H,16,18)/b9-8+. The van der Waals surface area contributed by atoms with Crippen molar-refractivity contribution >= 4 is 18.1 Å². The topological polar surface area (TPSA) is 67.4 Å². The summed E-state index contributed by atoms with van der Waals surface area (Å²) in [5.41, 5.74) is 1.04. The van der Waals surface area contributed by atoms with Gasteiger partial charge in [0.2, 0.25) is 5.91 Å². The Morgan fingerprint density at radius 3 is 2.79 bits per heavy atom. The van der Waals surface area contributed by atoms with Crippen LogP contribution in [0.5, 0.6) is 0 Å². The predicted molar refractivity (Wildman–Crippen MR) is 71.4 cm³/mol. The van der Waals surface area contributed by atoms with E-state index >= 15 is 0 Å². The maximum Gasteiger partial charge on any atom is 0.407 e. The zero-order valence-corrected chi connectivity index (χ0v) is 10.6. The van der Waals surface area contributed by atoms with Gasteiger partial charge in [-0.1, -0.05) is 42.5 Å². The second-order valence-corrected chi connectivity index (χ2v) is 4.15. The third-order valence-electron chi connectivity index (χ3n) is 2.79. The van der Waals surface area contributed by atoms with Crippen LogP contribution in [0.3, 0.4) is 0 Å². The largest absolute Gasteiger partial charge is 0.450 e. The van der Waals surface area contributed by atoms with Gasteiger partial charge in [0.1, 0.15) is 6.04 Å². The van der Waals surface area contributed by atoms with E-state index in [2.05, 4.69) is 10.6 Å². The quantitative estimate of drug-likeness (QED) is 0.802. The highest BCUT2D eigenvalue weighted by Gasteiger charge is 2.38. The second-order valence-electron chi connectivity index (χ2n) is 4.15. The Kier molecular flexibility index (Phi) is 4.18. The van der Waals surface area contributed by atoms with Gasteiger partial charge in [-0.25, -0.2) is 4.79 Å². The van der Waals surface area contributed by atoms with Gasteiger partial charge in [-0.05, 0) is 12.5 Å². The Hall–Kier alpha value is -2.30. The molecule has 100 valence electrons. The molecule has 5 nitrogen and oxygen atoms in total. The van der Waals surface area contributed by atoms with Gasteiger partial charge in [-0.3, -0.25) is 4.79 Å². The van der Waals surface area contributed by atoms with Crippen LogP contribution in [0, 0.1) is 0 Å². The van der Waals surface area contributed by atoms with Crippen LogP contribution in [0.25, 0.3) is 6.08 Å². The Morgan fingerprint density at radius 1 is 1.42 bits per heavy atom. The van der Waals surface area contributed by atoms with Gasteiger partial charge >= 0.3 is 6.09 Å². The fraction of sp³-hybridized carbons (Fsp3) is 0.286. The number of hydrogen-bond donors (Lipinski definition) is 2. The summed E-state index contributed by atoms with van der Waals surface area (Å²) in [5.74, 6) is -0.198. The maximum absolute atomic E-state index is 11.4. The maximum atomic E-state index is 11.4. The molecule has 0 spiro atoms. The van der Waals surface area contributed by atoms with Gasteiger partial charge in [-0.15, -0.1) is 0 Å². The van der Waals surface area contributed by atoms with E-state index in [1.54, 1.807) is 6.92 Å². The molecule has 1 aromatic carbocycles. The first-order chi connectivity index (χ1) is 9.20. The highest BCUT2D eigenvalue weighted by Crippen LogP contribution is 2.11. The van der Waals surface area contributed by atoms with Crippen molar-refractivity contribution in [1.82, 2.24) is 10.6 Å². The number of carbonyl (C=O) groups is 2. The van der Waals surface area contributed by atoms with E-state index < -0.39 is 12.1 Å². The third-order valence-corrected chi connectivity index (χ3v) is 2.79. The predicted octanol–water partition coefficient (Wildman–Crippen LogP) is 1.31. The van der Waals surface area contributed by atoms with Crippen LogP contribution >= 0.6 is 0 Å². The number of hydrogen-bond acceptors (Lipinski definition) is 3. The summed E-state index contributed by atoms with van der Waals surface area (Å²) in [5, 5.41) is 5.24. The summed E-state index contributed by atoms with van der Waals surface area (Å²) in [7, 11) is 0. The smallest absolute Gasteiger partial charge is 0.407 e. The minimum Gasteiger partial charge on any atom is -0.450 e. The monoisotopic (exact) mass is 260 g/mol. The molecule has 0 aliphatic carbocycles. The fourth-order valence-corrected chi connectivity index (χ4v) is 1.80. The van der Waals surface area contributed by atoms with Crippen LogP contribution < -0.4 is 10.6 Å². The molecule has 0 bridgehead atoms. The molecule has 5 heteroatoms. The number of β-lactam (4-membered cyclic amide) rings is 1. The van der Waals surface area contributed by atoms with Crippen molar-refractivity contribution in [2.75, 3.05) is 6.61 Å². The van der Waals surface area contributed by atoms with Crippen LogP contribution in [-0.2, 0) is 9.53 Å². The minimum atomic E-state index is -0.569. The first-order valence-corrected chi connectivity index (χ1v) is 6.17. The molecule has 2 rings (SSSR count). The molecular formula is C14H16N2O3. The molecule has 1 saturated heterocycles. The highest BCUT2D eigenvalue weighted by atomic mass is 16.5. The lowest BCUT2D eigenvalue weighted by molar-refractivity contribution is -0.130. The van der Waals surface area contributed by atoms with E-state index in [1.165, 1.54) is 0 Å². The normalized spacial score (nSPS) is 21.6. The molecule has 2 N–H and O–H groups in total. The Balaban J connectivity index is 1.92. The molecule has 1 aliphatic rings. The molecule has 0 aromatic heterocycles. The van der Waals surface area contributed by atoms with E-state index in [0.717, 1.165) is 5.56 Å². The van der Waals surface area contributed by atoms with Crippen molar-refractivity contribution in [1.29, 1.82) is 0 Å². The van der Waals surface area contributed by atoms with Crippen molar-refractivity contribution in [3.63, 3.8) is 0 Å². The molecule has 2 atom stereocenters. The van der Waals surface area contributed by atoms with Crippen molar-refractivity contribution in [2.24, 2.45) is 0 Å². The first-order valence-electron chi connectivity index (χ1n) is 6.17. The second kappa shape index (κ2) is 6.04. The number of carbonyl (C=O) groups excluding carboxylic acids is 2. The minimum absolute atomic E-state index is 0.197. The summed E-state index contributed by atoms with van der Waals surface area (Å²) >= 11 is 0. The molecule has 1 heterocycles. The van der Waals surface area contributed by atoms with Crippen molar-refractivity contribution in [2.45, 2.75) is 19.0 Å². The van der Waals surface area contributed by atoms with Crippen LogP contribution in [-0.4, -0.2) is 30.7 Å². The van der Waals surface area contributed by atoms with Crippen molar-refractivity contribution < 1.29 is 14.3 Å². The highest BCUT2D eigenvalue weighted by molar-refractivity contribution is 5.93. The number of ether oxygens (including phenoxy) is 1. The number of nitrogens with one attached hydrogen (secondary N) is 2. The van der Waals surface area contributed by atoms with Crippen molar-refractivity contribution in [3.05, 3.63) is 42.0 Å². The van der Waals surface area contributed by atoms with Crippen LogP contribution in [0.1, 0.15) is 12.5 Å². The molecule has 0 saturated carbocycles. The van der Waals surface area contributed by atoms with Crippen LogP contribution in [0.4, 0.5) is 4.79 Å². The Bertz CT molecular complexity index is 485. The van der Waals surface area contributed by atoms with Gasteiger partial charge in [0.15, 0.2) is 0 Å². The third kappa shape index (κ3) is 3.34. The molecule has 19 heavy (non-hydrogen) atoms. The summed E-state index contributed by atoms with van der Waals surface area (Å²) in [6.45, 7) is 2.00. The van der Waals surface area contributed by atoms with Gasteiger partial charge in [0.25, 0.3) is 0 Å². The fourth-order valence-electron chi connectivity index (χ4n) is 1.80. The van der Waals surface area contributed by atoms with Crippen molar-refractivity contribution in [3.8, 4) is 0 Å². The van der Waals surface area contributed by atoms with Crippen LogP contribution in [0.2, 0.25) is 0 Å². The SMILES string of the molecule is CCOC(=O)NC1C(=O)NC1/C=C/c1ccccc1. The van der Waals surface area contributed by atoms with Gasteiger partial charge in [-0.2, -0.15) is 0 Å². The zero-order chi connectivity index (χ0) is 13.7. The molecule has 1 aliphatic heterocycles. The van der Waals surface area contributed by atoms with E-state index in [9.17, 15) is 9.59 Å². The zero-order valence-electron chi connectivity index (χ0n) is 10.6. The summed E-state index contributed by atoms with van der Waals surface area (Å²) in [6, 6.07) is 8.99. The Morgan fingerprint density at radius 2 is 2.16 bits per heavy atom. The number of alkyl carbamates (subject to hydrolysis) is 1. The van der Waals surface area contributed by atoms with E-state index in [1.807, 2.05) is 42.5 Å². The average Bonchev–Trinajstić information content (AvgIpc) is 2.42. The molecular weight excluding hydrogens is 244 g/mol. The van der Waals surface area contributed by atoms with Gasteiger partial charge in [0.05, 0.1) is 12.6 Å². The lowest BCUT2D eigenvalue weighted by Crippen LogP contribution is -2.68. The molecule has 1 fully saturated rings. The average molecular weight is 260 g/mol. The molecule has 0 radical (unpaired) electrons. The molecule has 2 amide bonds. The number of amides is 2. The summed E-state index contributed by atoms with van der Waals surface area (Å²) in [6.07, 6.45) is 3.19. The lowest BCUT2D eigenvalue weighted by atomic mass is 9.98. The number of benzene rings is 1. The van der Waals surface area contributed by atoms with E-state index in [-0.39, 0.29) is 18.6 Å². The Labute approximate surface area is 111 Å². The number of rotatable bonds is 4. The van der Waals surface area contributed by atoms with E-state index in [0.29, 0.717) is 0 Å².